The highest BCUT2D eigenvalue weighted by Crippen LogP contribution is 2.13. The van der Waals surface area contributed by atoms with Crippen molar-refractivity contribution in [2.24, 2.45) is 0 Å². The third-order valence-corrected chi connectivity index (χ3v) is 3.97. The van der Waals surface area contributed by atoms with E-state index >= 15 is 0 Å². The van der Waals surface area contributed by atoms with Crippen molar-refractivity contribution in [2.45, 2.75) is 39.4 Å². The van der Waals surface area contributed by atoms with E-state index in [1.165, 1.54) is 29.2 Å². The number of nitrogens with one attached hydrogen (secondary N) is 1. The average molecular weight is 372 g/mol. The second-order valence-electron chi connectivity index (χ2n) is 6.59. The van der Waals surface area contributed by atoms with Crippen LogP contribution in [0.4, 0.5) is 4.39 Å². The van der Waals surface area contributed by atoms with Crippen molar-refractivity contribution in [3.63, 3.8) is 0 Å². The van der Waals surface area contributed by atoms with Crippen LogP contribution in [0.25, 0.3) is 0 Å². The molecule has 5 nitrogen and oxygen atoms in total. The van der Waals surface area contributed by atoms with Crippen molar-refractivity contribution >= 4 is 11.8 Å². The standard InChI is InChI=1S/C21H25FN2O3/c1-15(2)23-21(26)16(3)24(13-17-7-5-4-6-8-17)20(25)14-27-19-11-9-18(22)10-12-19/h4-12,15-16H,13-14H2,1-3H3,(H,23,26). The van der Waals surface area contributed by atoms with Gasteiger partial charge in [-0.15, -0.1) is 0 Å². The minimum absolute atomic E-state index is 0.0240. The van der Waals surface area contributed by atoms with E-state index in [9.17, 15) is 14.0 Å². The van der Waals surface area contributed by atoms with Gasteiger partial charge in [-0.05, 0) is 50.6 Å². The van der Waals surface area contributed by atoms with E-state index in [1.807, 2.05) is 44.2 Å². The van der Waals surface area contributed by atoms with Gasteiger partial charge in [-0.3, -0.25) is 9.59 Å². The molecule has 0 radical (unpaired) electrons. The van der Waals surface area contributed by atoms with E-state index in [-0.39, 0.29) is 30.3 Å². The normalized spacial score (nSPS) is 11.7. The van der Waals surface area contributed by atoms with Crippen LogP contribution in [-0.2, 0) is 16.1 Å². The largest absolute Gasteiger partial charge is 0.484 e. The molecule has 1 N–H and O–H groups in total. The quantitative estimate of drug-likeness (QED) is 0.774. The van der Waals surface area contributed by atoms with Crippen molar-refractivity contribution in [3.05, 3.63) is 66.0 Å². The molecule has 0 aliphatic carbocycles. The van der Waals surface area contributed by atoms with Gasteiger partial charge in [0.05, 0.1) is 0 Å². The van der Waals surface area contributed by atoms with Crippen LogP contribution in [0.5, 0.6) is 5.75 Å². The fourth-order valence-corrected chi connectivity index (χ4v) is 2.53. The zero-order valence-electron chi connectivity index (χ0n) is 15.8. The van der Waals surface area contributed by atoms with Gasteiger partial charge in [0.2, 0.25) is 5.91 Å². The van der Waals surface area contributed by atoms with Gasteiger partial charge < -0.3 is 15.0 Å². The van der Waals surface area contributed by atoms with Gasteiger partial charge in [-0.2, -0.15) is 0 Å². The molecular weight excluding hydrogens is 347 g/mol. The van der Waals surface area contributed by atoms with Crippen LogP contribution >= 0.6 is 0 Å². The molecule has 1 atom stereocenters. The Bertz CT molecular complexity index is 748. The number of carbonyl (C=O) groups excluding carboxylic acids is 2. The third kappa shape index (κ3) is 6.40. The van der Waals surface area contributed by atoms with Crippen LogP contribution in [0.15, 0.2) is 54.6 Å². The van der Waals surface area contributed by atoms with Gasteiger partial charge in [-0.1, -0.05) is 30.3 Å². The lowest BCUT2D eigenvalue weighted by atomic mass is 10.1. The smallest absolute Gasteiger partial charge is 0.261 e. The van der Waals surface area contributed by atoms with Crippen LogP contribution in [0.3, 0.4) is 0 Å². The summed E-state index contributed by atoms with van der Waals surface area (Å²) in [4.78, 5) is 26.7. The highest BCUT2D eigenvalue weighted by Gasteiger charge is 2.26. The summed E-state index contributed by atoms with van der Waals surface area (Å²) in [5.41, 5.74) is 0.914. The molecule has 2 rings (SSSR count). The number of ether oxygens (including phenoxy) is 1. The van der Waals surface area contributed by atoms with Crippen molar-refractivity contribution in [3.8, 4) is 5.75 Å². The fraction of sp³-hybridized carbons (Fsp3) is 0.333. The third-order valence-electron chi connectivity index (χ3n) is 3.97. The van der Waals surface area contributed by atoms with Crippen molar-refractivity contribution < 1.29 is 18.7 Å². The summed E-state index contributed by atoms with van der Waals surface area (Å²) >= 11 is 0. The lowest BCUT2D eigenvalue weighted by Gasteiger charge is -2.29. The number of carbonyl (C=O) groups is 2. The molecule has 1 unspecified atom stereocenters. The number of amides is 2. The van der Waals surface area contributed by atoms with Gasteiger partial charge in [0.1, 0.15) is 17.6 Å². The zero-order valence-corrected chi connectivity index (χ0v) is 15.8. The molecular formula is C21H25FN2O3. The number of hydrogen-bond acceptors (Lipinski definition) is 3. The monoisotopic (exact) mass is 372 g/mol. The molecule has 27 heavy (non-hydrogen) atoms. The summed E-state index contributed by atoms with van der Waals surface area (Å²) in [5, 5.41) is 2.83. The Kier molecular flexibility index (Phi) is 7.34. The first-order valence-electron chi connectivity index (χ1n) is 8.89. The fourth-order valence-electron chi connectivity index (χ4n) is 2.53. The van der Waals surface area contributed by atoms with Crippen LogP contribution < -0.4 is 10.1 Å². The number of rotatable bonds is 8. The lowest BCUT2D eigenvalue weighted by Crippen LogP contribution is -2.50. The minimum Gasteiger partial charge on any atom is -0.484 e. The number of nitrogens with zero attached hydrogens (tertiary/aromatic N) is 1. The SMILES string of the molecule is CC(C)NC(=O)C(C)N(Cc1ccccc1)C(=O)COc1ccc(F)cc1. The van der Waals surface area contributed by atoms with Crippen LogP contribution in [0.1, 0.15) is 26.3 Å². The first-order chi connectivity index (χ1) is 12.9. The number of hydrogen-bond donors (Lipinski definition) is 1. The molecule has 2 amide bonds. The van der Waals surface area contributed by atoms with E-state index in [2.05, 4.69) is 5.32 Å². The highest BCUT2D eigenvalue weighted by molar-refractivity contribution is 5.88. The molecule has 0 aliphatic heterocycles. The van der Waals surface area contributed by atoms with Crippen molar-refractivity contribution in [1.29, 1.82) is 0 Å². The van der Waals surface area contributed by atoms with Gasteiger partial charge in [0.15, 0.2) is 6.61 Å². The number of benzene rings is 2. The highest BCUT2D eigenvalue weighted by atomic mass is 19.1. The second kappa shape index (κ2) is 9.71. The van der Waals surface area contributed by atoms with Gasteiger partial charge in [0.25, 0.3) is 5.91 Å². The van der Waals surface area contributed by atoms with E-state index in [1.54, 1.807) is 6.92 Å². The molecule has 0 bridgehead atoms. The Morgan fingerprint density at radius 2 is 1.67 bits per heavy atom. The Hall–Kier alpha value is -2.89. The topological polar surface area (TPSA) is 58.6 Å². The van der Waals surface area contributed by atoms with E-state index in [0.29, 0.717) is 12.3 Å². The molecule has 0 aromatic heterocycles. The number of halogens is 1. The Morgan fingerprint density at radius 1 is 1.04 bits per heavy atom. The maximum absolute atomic E-state index is 13.0. The molecule has 0 heterocycles. The minimum atomic E-state index is -0.656. The molecule has 0 aliphatic rings. The molecule has 0 saturated carbocycles. The lowest BCUT2D eigenvalue weighted by molar-refractivity contribution is -0.142. The summed E-state index contributed by atoms with van der Waals surface area (Å²) in [5.74, 6) is -0.535. The summed E-state index contributed by atoms with van der Waals surface area (Å²) in [7, 11) is 0. The van der Waals surface area contributed by atoms with Crippen LogP contribution in [0, 0.1) is 5.82 Å². The molecule has 2 aromatic rings. The van der Waals surface area contributed by atoms with E-state index < -0.39 is 6.04 Å². The molecule has 0 saturated heterocycles. The van der Waals surface area contributed by atoms with E-state index in [0.717, 1.165) is 5.56 Å². The van der Waals surface area contributed by atoms with Gasteiger partial charge in [0, 0.05) is 12.6 Å². The molecule has 2 aromatic carbocycles. The zero-order chi connectivity index (χ0) is 19.8. The van der Waals surface area contributed by atoms with Gasteiger partial charge >= 0.3 is 0 Å². The summed E-state index contributed by atoms with van der Waals surface area (Å²) in [6.07, 6.45) is 0. The van der Waals surface area contributed by atoms with E-state index in [4.69, 9.17) is 4.74 Å². The average Bonchev–Trinajstić information content (AvgIpc) is 2.65. The van der Waals surface area contributed by atoms with Gasteiger partial charge in [-0.25, -0.2) is 4.39 Å². The summed E-state index contributed by atoms with van der Waals surface area (Å²) in [6, 6.07) is 14.2. The van der Waals surface area contributed by atoms with Crippen molar-refractivity contribution in [2.75, 3.05) is 6.61 Å². The predicted octanol–water partition coefficient (Wildman–Crippen LogP) is 3.15. The summed E-state index contributed by atoms with van der Waals surface area (Å²) in [6.45, 7) is 5.48. The Balaban J connectivity index is 2.10. The maximum Gasteiger partial charge on any atom is 0.261 e. The molecule has 0 spiro atoms. The predicted molar refractivity (Wildman–Crippen MR) is 102 cm³/mol. The van der Waals surface area contributed by atoms with Crippen LogP contribution in [0.2, 0.25) is 0 Å². The van der Waals surface area contributed by atoms with Crippen molar-refractivity contribution in [1.82, 2.24) is 10.2 Å². The summed E-state index contributed by atoms with van der Waals surface area (Å²) < 4.78 is 18.4. The van der Waals surface area contributed by atoms with Crippen LogP contribution in [-0.4, -0.2) is 35.4 Å². The first-order valence-corrected chi connectivity index (χ1v) is 8.89. The first kappa shape index (κ1) is 20.4. The molecule has 144 valence electrons. The Morgan fingerprint density at radius 3 is 2.26 bits per heavy atom. The maximum atomic E-state index is 13.0. The molecule has 0 fully saturated rings. The Labute approximate surface area is 159 Å². The molecule has 6 heteroatoms. The second-order valence-corrected chi connectivity index (χ2v) is 6.59.